The third-order valence-electron chi connectivity index (χ3n) is 3.01. The standard InChI is InChI=1S/C13H11ClFNO2S/c14-11-9-4-3-8(15)7-10(9)19-12(11)13(17)16-5-1-2-6-18-16/h3-4,7H,1-2,5-6H2. The minimum absolute atomic E-state index is 0.244. The number of benzene rings is 1. The Labute approximate surface area is 118 Å². The van der Waals surface area contributed by atoms with E-state index in [9.17, 15) is 9.18 Å². The molecule has 1 amide bonds. The highest BCUT2D eigenvalue weighted by Crippen LogP contribution is 2.36. The number of hydrogen-bond donors (Lipinski definition) is 0. The Morgan fingerprint density at radius 1 is 1.42 bits per heavy atom. The molecule has 0 aliphatic carbocycles. The molecule has 3 rings (SSSR count). The molecule has 0 N–H and O–H groups in total. The molecule has 1 fully saturated rings. The molecule has 1 aromatic carbocycles. The number of rotatable bonds is 1. The summed E-state index contributed by atoms with van der Waals surface area (Å²) in [6.07, 6.45) is 1.87. The average Bonchev–Trinajstić information content (AvgIpc) is 2.75. The van der Waals surface area contributed by atoms with Crippen LogP contribution in [0.25, 0.3) is 10.1 Å². The zero-order valence-corrected chi connectivity index (χ0v) is 11.6. The molecule has 1 saturated heterocycles. The van der Waals surface area contributed by atoms with Crippen LogP contribution < -0.4 is 0 Å². The van der Waals surface area contributed by atoms with E-state index >= 15 is 0 Å². The predicted octanol–water partition coefficient (Wildman–Crippen LogP) is 3.86. The van der Waals surface area contributed by atoms with E-state index in [2.05, 4.69) is 0 Å². The molecule has 0 unspecified atom stereocenters. The summed E-state index contributed by atoms with van der Waals surface area (Å²) in [6.45, 7) is 1.11. The van der Waals surface area contributed by atoms with Gasteiger partial charge in [-0.15, -0.1) is 11.3 Å². The molecule has 0 spiro atoms. The van der Waals surface area contributed by atoms with Crippen LogP contribution in [-0.2, 0) is 4.84 Å². The summed E-state index contributed by atoms with van der Waals surface area (Å²) in [4.78, 5) is 18.0. The van der Waals surface area contributed by atoms with Crippen molar-refractivity contribution in [2.75, 3.05) is 13.2 Å². The quantitative estimate of drug-likeness (QED) is 0.800. The molecule has 19 heavy (non-hydrogen) atoms. The fourth-order valence-corrected chi connectivity index (χ4v) is 3.52. The van der Waals surface area contributed by atoms with Gasteiger partial charge >= 0.3 is 0 Å². The van der Waals surface area contributed by atoms with E-state index in [-0.39, 0.29) is 11.7 Å². The van der Waals surface area contributed by atoms with Gasteiger partial charge in [-0.1, -0.05) is 11.6 Å². The van der Waals surface area contributed by atoms with Crippen molar-refractivity contribution >= 4 is 38.9 Å². The van der Waals surface area contributed by atoms with Crippen molar-refractivity contribution in [3.8, 4) is 0 Å². The third-order valence-corrected chi connectivity index (χ3v) is 4.66. The van der Waals surface area contributed by atoms with Crippen molar-refractivity contribution in [1.29, 1.82) is 0 Å². The van der Waals surface area contributed by atoms with Crippen LogP contribution in [-0.4, -0.2) is 24.1 Å². The monoisotopic (exact) mass is 299 g/mol. The number of halogens is 2. The first-order valence-corrected chi connectivity index (χ1v) is 7.18. The zero-order valence-electron chi connectivity index (χ0n) is 9.99. The van der Waals surface area contributed by atoms with Crippen molar-refractivity contribution in [3.05, 3.63) is 33.9 Å². The minimum Gasteiger partial charge on any atom is -0.271 e. The molecule has 0 atom stereocenters. The molecule has 0 bridgehead atoms. The van der Waals surface area contributed by atoms with Crippen LogP contribution in [0.15, 0.2) is 18.2 Å². The van der Waals surface area contributed by atoms with Gasteiger partial charge in [0.15, 0.2) is 0 Å². The summed E-state index contributed by atoms with van der Waals surface area (Å²) in [6, 6.07) is 4.32. The lowest BCUT2D eigenvalue weighted by molar-refractivity contribution is -0.143. The molecule has 0 saturated carbocycles. The lowest BCUT2D eigenvalue weighted by Crippen LogP contribution is -2.35. The van der Waals surface area contributed by atoms with E-state index < -0.39 is 0 Å². The maximum Gasteiger partial charge on any atom is 0.289 e. The van der Waals surface area contributed by atoms with Crippen molar-refractivity contribution in [1.82, 2.24) is 5.06 Å². The second-order valence-corrected chi connectivity index (χ2v) is 5.76. The van der Waals surface area contributed by atoms with Crippen LogP contribution in [0.3, 0.4) is 0 Å². The van der Waals surface area contributed by atoms with Crippen molar-refractivity contribution in [2.24, 2.45) is 0 Å². The first-order chi connectivity index (χ1) is 9.16. The zero-order chi connectivity index (χ0) is 13.4. The Kier molecular flexibility index (Phi) is 3.43. The summed E-state index contributed by atoms with van der Waals surface area (Å²) in [7, 11) is 0. The number of hydroxylamine groups is 2. The van der Waals surface area contributed by atoms with Crippen LogP contribution >= 0.6 is 22.9 Å². The van der Waals surface area contributed by atoms with Crippen molar-refractivity contribution in [3.63, 3.8) is 0 Å². The van der Waals surface area contributed by atoms with Gasteiger partial charge in [0.05, 0.1) is 11.6 Å². The first kappa shape index (κ1) is 12.8. The van der Waals surface area contributed by atoms with E-state index in [0.717, 1.165) is 12.8 Å². The second kappa shape index (κ2) is 5.07. The van der Waals surface area contributed by atoms with Gasteiger partial charge in [0.2, 0.25) is 0 Å². The van der Waals surface area contributed by atoms with Crippen LogP contribution in [0.5, 0.6) is 0 Å². The molecule has 1 aromatic heterocycles. The van der Waals surface area contributed by atoms with Crippen LogP contribution in [0.1, 0.15) is 22.5 Å². The Hall–Kier alpha value is -1.17. The topological polar surface area (TPSA) is 29.5 Å². The van der Waals surface area contributed by atoms with Gasteiger partial charge in [-0.25, -0.2) is 9.45 Å². The number of carbonyl (C=O) groups is 1. The Balaban J connectivity index is 2.00. The normalized spacial score (nSPS) is 16.0. The lowest BCUT2D eigenvalue weighted by Gasteiger charge is -2.25. The van der Waals surface area contributed by atoms with Crippen molar-refractivity contribution in [2.45, 2.75) is 12.8 Å². The summed E-state index contributed by atoms with van der Waals surface area (Å²) in [5.74, 6) is -0.579. The smallest absolute Gasteiger partial charge is 0.271 e. The van der Waals surface area contributed by atoms with Crippen molar-refractivity contribution < 1.29 is 14.0 Å². The summed E-state index contributed by atoms with van der Waals surface area (Å²) >= 11 is 7.41. The molecule has 1 aliphatic heterocycles. The molecule has 2 heterocycles. The molecule has 100 valence electrons. The Bertz CT molecular complexity index is 637. The Morgan fingerprint density at radius 3 is 3.00 bits per heavy atom. The molecule has 0 radical (unpaired) electrons. The van der Waals surface area contributed by atoms with E-state index in [4.69, 9.17) is 16.4 Å². The highest BCUT2D eigenvalue weighted by molar-refractivity contribution is 7.21. The molecule has 6 heteroatoms. The van der Waals surface area contributed by atoms with Gasteiger partial charge < -0.3 is 0 Å². The number of thiophene rings is 1. The molecular formula is C13H11ClFNO2S. The predicted molar refractivity (Wildman–Crippen MR) is 73.0 cm³/mol. The van der Waals surface area contributed by atoms with Gasteiger partial charge in [-0.05, 0) is 31.0 Å². The van der Waals surface area contributed by atoms with Gasteiger partial charge in [-0.3, -0.25) is 9.63 Å². The van der Waals surface area contributed by atoms with Gasteiger partial charge in [-0.2, -0.15) is 0 Å². The van der Waals surface area contributed by atoms with E-state index in [1.54, 1.807) is 6.07 Å². The Morgan fingerprint density at radius 2 is 2.26 bits per heavy atom. The third kappa shape index (κ3) is 2.33. The maximum absolute atomic E-state index is 13.2. The lowest BCUT2D eigenvalue weighted by atomic mass is 10.2. The summed E-state index contributed by atoms with van der Waals surface area (Å²) < 4.78 is 13.8. The molecular weight excluding hydrogens is 289 g/mol. The summed E-state index contributed by atoms with van der Waals surface area (Å²) in [5.41, 5.74) is 0. The fraction of sp³-hybridized carbons (Fsp3) is 0.308. The maximum atomic E-state index is 13.2. The number of nitrogens with zero attached hydrogens (tertiary/aromatic N) is 1. The number of amides is 1. The van der Waals surface area contributed by atoms with Crippen LogP contribution in [0.2, 0.25) is 5.02 Å². The van der Waals surface area contributed by atoms with Crippen LogP contribution in [0, 0.1) is 5.82 Å². The second-order valence-electron chi connectivity index (χ2n) is 4.33. The number of hydrogen-bond acceptors (Lipinski definition) is 3. The highest BCUT2D eigenvalue weighted by Gasteiger charge is 2.24. The fourth-order valence-electron chi connectivity index (χ4n) is 2.05. The number of fused-ring (bicyclic) bond motifs is 1. The average molecular weight is 300 g/mol. The largest absolute Gasteiger partial charge is 0.289 e. The first-order valence-electron chi connectivity index (χ1n) is 5.99. The molecule has 3 nitrogen and oxygen atoms in total. The van der Waals surface area contributed by atoms with Gasteiger partial charge in [0.25, 0.3) is 5.91 Å². The SMILES string of the molecule is O=C(c1sc2cc(F)ccc2c1Cl)N1CCCCO1. The molecule has 1 aliphatic rings. The van der Waals surface area contributed by atoms with E-state index in [1.165, 1.54) is 28.5 Å². The van der Waals surface area contributed by atoms with Gasteiger partial charge in [0.1, 0.15) is 10.7 Å². The summed E-state index contributed by atoms with van der Waals surface area (Å²) in [5, 5.41) is 2.42. The minimum atomic E-state index is -0.335. The van der Waals surface area contributed by atoms with E-state index in [1.807, 2.05) is 0 Å². The number of carbonyl (C=O) groups excluding carboxylic acids is 1. The van der Waals surface area contributed by atoms with Crippen LogP contribution in [0.4, 0.5) is 4.39 Å². The molecule has 2 aromatic rings. The van der Waals surface area contributed by atoms with E-state index in [0.29, 0.717) is 33.1 Å². The van der Waals surface area contributed by atoms with Gasteiger partial charge in [0, 0.05) is 16.6 Å². The highest BCUT2D eigenvalue weighted by atomic mass is 35.5.